The average Bonchev–Trinajstić information content (AvgIpc) is 2.47. The van der Waals surface area contributed by atoms with Crippen molar-refractivity contribution in [1.82, 2.24) is 5.32 Å². The summed E-state index contributed by atoms with van der Waals surface area (Å²) in [5, 5.41) is 2.84. The third-order valence-electron chi connectivity index (χ3n) is 2.96. The molecule has 2 aromatic rings. The van der Waals surface area contributed by atoms with Crippen molar-refractivity contribution in [3.05, 3.63) is 71.8 Å². The molecule has 20 heavy (non-hydrogen) atoms. The van der Waals surface area contributed by atoms with Crippen LogP contribution in [0, 0.1) is 0 Å². The topological polar surface area (TPSA) is 38.3 Å². The zero-order chi connectivity index (χ0) is 14.2. The van der Waals surface area contributed by atoms with E-state index in [0.29, 0.717) is 6.61 Å². The largest absolute Gasteiger partial charge is 0.445 e. The van der Waals surface area contributed by atoms with Gasteiger partial charge in [0, 0.05) is 6.04 Å². The summed E-state index contributed by atoms with van der Waals surface area (Å²) in [7, 11) is 0. The second kappa shape index (κ2) is 7.34. The molecule has 0 saturated heterocycles. The minimum absolute atomic E-state index is 0.0423. The fraction of sp³-hybridized carbons (Fsp3) is 0.235. The summed E-state index contributed by atoms with van der Waals surface area (Å²) in [5.74, 6) is 0. The second-order valence-electron chi connectivity index (χ2n) is 4.80. The standard InChI is InChI=1S/C17H19NO2/c1-14(12-15-8-4-2-5-9-15)18-17(19)20-13-16-10-6-3-7-11-16/h2-11,14H,12-13H2,1H3,(H,18,19)/t14-/m0/s1. The number of ether oxygens (including phenoxy) is 1. The van der Waals surface area contributed by atoms with Crippen LogP contribution in [-0.2, 0) is 17.8 Å². The molecule has 0 saturated carbocycles. The van der Waals surface area contributed by atoms with Gasteiger partial charge in [0.2, 0.25) is 0 Å². The van der Waals surface area contributed by atoms with Gasteiger partial charge in [-0.1, -0.05) is 60.7 Å². The van der Waals surface area contributed by atoms with Crippen LogP contribution < -0.4 is 5.32 Å². The third-order valence-corrected chi connectivity index (χ3v) is 2.96. The van der Waals surface area contributed by atoms with Crippen LogP contribution in [0.2, 0.25) is 0 Å². The quantitative estimate of drug-likeness (QED) is 0.901. The molecule has 0 aliphatic carbocycles. The maximum atomic E-state index is 11.7. The summed E-state index contributed by atoms with van der Waals surface area (Å²) in [4.78, 5) is 11.7. The van der Waals surface area contributed by atoms with Gasteiger partial charge >= 0.3 is 6.09 Å². The molecule has 2 aromatic carbocycles. The van der Waals surface area contributed by atoms with Crippen LogP contribution in [0.25, 0.3) is 0 Å². The van der Waals surface area contributed by atoms with E-state index in [2.05, 4.69) is 5.32 Å². The number of rotatable bonds is 5. The fourth-order valence-electron chi connectivity index (χ4n) is 1.98. The van der Waals surface area contributed by atoms with Crippen molar-refractivity contribution in [1.29, 1.82) is 0 Å². The molecule has 0 spiro atoms. The predicted octanol–water partition coefficient (Wildman–Crippen LogP) is 3.54. The van der Waals surface area contributed by atoms with Gasteiger partial charge in [0.25, 0.3) is 0 Å². The molecule has 104 valence electrons. The highest BCUT2D eigenvalue weighted by Gasteiger charge is 2.08. The third kappa shape index (κ3) is 4.76. The molecule has 0 radical (unpaired) electrons. The monoisotopic (exact) mass is 269 g/mol. The lowest BCUT2D eigenvalue weighted by atomic mass is 10.1. The van der Waals surface area contributed by atoms with E-state index in [1.54, 1.807) is 0 Å². The maximum Gasteiger partial charge on any atom is 0.407 e. The first-order chi connectivity index (χ1) is 9.74. The van der Waals surface area contributed by atoms with Crippen LogP contribution >= 0.6 is 0 Å². The van der Waals surface area contributed by atoms with Crippen molar-refractivity contribution in [3.8, 4) is 0 Å². The van der Waals surface area contributed by atoms with Crippen molar-refractivity contribution < 1.29 is 9.53 Å². The number of carbonyl (C=O) groups excluding carboxylic acids is 1. The Morgan fingerprint density at radius 1 is 1.00 bits per heavy atom. The van der Waals surface area contributed by atoms with Gasteiger partial charge in [-0.2, -0.15) is 0 Å². The summed E-state index contributed by atoms with van der Waals surface area (Å²) in [6, 6.07) is 19.8. The minimum atomic E-state index is -0.378. The van der Waals surface area contributed by atoms with Crippen molar-refractivity contribution in [2.45, 2.75) is 26.0 Å². The molecule has 0 aromatic heterocycles. The molecule has 3 heteroatoms. The first-order valence-electron chi connectivity index (χ1n) is 6.75. The Bertz CT molecular complexity index is 525. The number of benzene rings is 2. The smallest absolute Gasteiger partial charge is 0.407 e. The lowest BCUT2D eigenvalue weighted by molar-refractivity contribution is 0.136. The van der Waals surface area contributed by atoms with Gasteiger partial charge in [0.05, 0.1) is 0 Å². The van der Waals surface area contributed by atoms with E-state index in [9.17, 15) is 4.79 Å². The minimum Gasteiger partial charge on any atom is -0.445 e. The number of hydrogen-bond donors (Lipinski definition) is 1. The molecule has 0 heterocycles. The molecule has 0 fully saturated rings. The SMILES string of the molecule is C[C@@H](Cc1ccccc1)NC(=O)OCc1ccccc1. The molecule has 0 unspecified atom stereocenters. The van der Waals surface area contributed by atoms with Crippen molar-refractivity contribution in [2.75, 3.05) is 0 Å². The molecule has 1 N–H and O–H groups in total. The van der Waals surface area contributed by atoms with Gasteiger partial charge in [0.15, 0.2) is 0 Å². The Labute approximate surface area is 119 Å². The summed E-state index contributed by atoms with van der Waals surface area (Å²) in [6.07, 6.45) is 0.415. The Morgan fingerprint density at radius 2 is 1.55 bits per heavy atom. The number of alkyl carbamates (subject to hydrolysis) is 1. The number of hydrogen-bond acceptors (Lipinski definition) is 2. The van der Waals surface area contributed by atoms with Crippen LogP contribution in [0.3, 0.4) is 0 Å². The van der Waals surface area contributed by atoms with E-state index in [0.717, 1.165) is 12.0 Å². The van der Waals surface area contributed by atoms with E-state index >= 15 is 0 Å². The van der Waals surface area contributed by atoms with E-state index < -0.39 is 0 Å². The lowest BCUT2D eigenvalue weighted by Crippen LogP contribution is -2.34. The van der Waals surface area contributed by atoms with Crippen molar-refractivity contribution in [2.24, 2.45) is 0 Å². The van der Waals surface area contributed by atoms with Crippen LogP contribution in [0.5, 0.6) is 0 Å². The Morgan fingerprint density at radius 3 is 2.15 bits per heavy atom. The number of nitrogens with one attached hydrogen (secondary N) is 1. The lowest BCUT2D eigenvalue weighted by Gasteiger charge is -2.14. The van der Waals surface area contributed by atoms with Gasteiger partial charge in [-0.25, -0.2) is 4.79 Å². The normalized spacial score (nSPS) is 11.7. The first kappa shape index (κ1) is 14.1. The summed E-state index contributed by atoms with van der Waals surface area (Å²) in [6.45, 7) is 2.27. The molecule has 0 aliphatic rings. The second-order valence-corrected chi connectivity index (χ2v) is 4.80. The van der Waals surface area contributed by atoms with Gasteiger partial charge < -0.3 is 10.1 Å². The highest BCUT2D eigenvalue weighted by Crippen LogP contribution is 2.04. The van der Waals surface area contributed by atoms with Crippen LogP contribution in [0.1, 0.15) is 18.1 Å². The summed E-state index contributed by atoms with van der Waals surface area (Å²) in [5.41, 5.74) is 2.18. The molecule has 1 amide bonds. The number of carbonyl (C=O) groups is 1. The highest BCUT2D eigenvalue weighted by atomic mass is 16.5. The zero-order valence-corrected chi connectivity index (χ0v) is 11.6. The van der Waals surface area contributed by atoms with E-state index in [1.165, 1.54) is 5.56 Å². The van der Waals surface area contributed by atoms with Crippen molar-refractivity contribution in [3.63, 3.8) is 0 Å². The highest BCUT2D eigenvalue weighted by molar-refractivity contribution is 5.67. The van der Waals surface area contributed by atoms with Crippen molar-refractivity contribution >= 4 is 6.09 Å². The Balaban J connectivity index is 1.74. The number of amides is 1. The molecule has 0 aliphatic heterocycles. The van der Waals surface area contributed by atoms with Crippen LogP contribution in [0.4, 0.5) is 4.79 Å². The molecular weight excluding hydrogens is 250 g/mol. The Kier molecular flexibility index (Phi) is 5.18. The van der Waals surface area contributed by atoms with Crippen LogP contribution in [0.15, 0.2) is 60.7 Å². The van der Waals surface area contributed by atoms with E-state index in [4.69, 9.17) is 4.74 Å². The zero-order valence-electron chi connectivity index (χ0n) is 11.6. The molecular formula is C17H19NO2. The first-order valence-corrected chi connectivity index (χ1v) is 6.75. The Hall–Kier alpha value is -2.29. The summed E-state index contributed by atoms with van der Waals surface area (Å²) < 4.78 is 5.19. The molecule has 2 rings (SSSR count). The molecule has 0 bridgehead atoms. The van der Waals surface area contributed by atoms with Gasteiger partial charge in [0.1, 0.15) is 6.61 Å². The van der Waals surface area contributed by atoms with Crippen LogP contribution in [-0.4, -0.2) is 12.1 Å². The summed E-state index contributed by atoms with van der Waals surface area (Å²) >= 11 is 0. The van der Waals surface area contributed by atoms with Gasteiger partial charge in [-0.05, 0) is 24.5 Å². The molecule has 3 nitrogen and oxygen atoms in total. The predicted molar refractivity (Wildman–Crippen MR) is 79.4 cm³/mol. The average molecular weight is 269 g/mol. The van der Waals surface area contributed by atoms with E-state index in [-0.39, 0.29) is 12.1 Å². The fourth-order valence-corrected chi connectivity index (χ4v) is 1.98. The molecule has 1 atom stereocenters. The van der Waals surface area contributed by atoms with Gasteiger partial charge in [-0.15, -0.1) is 0 Å². The van der Waals surface area contributed by atoms with Gasteiger partial charge in [-0.3, -0.25) is 0 Å². The maximum absolute atomic E-state index is 11.7. The van der Waals surface area contributed by atoms with E-state index in [1.807, 2.05) is 67.6 Å².